The molecule has 0 spiro atoms. The van der Waals surface area contributed by atoms with E-state index in [1.54, 1.807) is 0 Å². The Bertz CT molecular complexity index is 415. The van der Waals surface area contributed by atoms with Crippen LogP contribution in [0.15, 0.2) is 12.2 Å². The molecule has 4 heteroatoms. The first-order valence-electron chi connectivity index (χ1n) is 12.0. The summed E-state index contributed by atoms with van der Waals surface area (Å²) < 4.78 is 2.25. The number of hydrogen-bond donors (Lipinski definition) is 3. The third-order valence-corrected chi connectivity index (χ3v) is 6.06. The van der Waals surface area contributed by atoms with E-state index in [0.717, 1.165) is 19.5 Å². The molecule has 1 aliphatic rings. The molecule has 0 atom stereocenters. The number of allylic oxidation sites excluding steroid dienone is 1. The van der Waals surface area contributed by atoms with Gasteiger partial charge in [0, 0.05) is 26.1 Å². The van der Waals surface area contributed by atoms with Crippen LogP contribution in [-0.2, 0) is 0 Å². The van der Waals surface area contributed by atoms with Crippen LogP contribution in [0.1, 0.15) is 103 Å². The van der Waals surface area contributed by atoms with Gasteiger partial charge in [0.2, 0.25) is 6.34 Å². The van der Waals surface area contributed by atoms with E-state index in [1.165, 1.54) is 77.0 Å². The summed E-state index contributed by atoms with van der Waals surface area (Å²) in [6.07, 6.45) is 25.5. The third-order valence-electron chi connectivity index (χ3n) is 6.06. The zero-order valence-electron chi connectivity index (χ0n) is 18.5. The molecule has 164 valence electrons. The molecule has 1 heterocycles. The number of unbranched alkanes of at least 4 members (excludes halogenated alkanes) is 12. The first kappa shape index (κ1) is 25.2. The van der Waals surface area contributed by atoms with Crippen LogP contribution in [0.2, 0.25) is 0 Å². The summed E-state index contributed by atoms with van der Waals surface area (Å²) in [5, 5.41) is 22.3. The van der Waals surface area contributed by atoms with Crippen LogP contribution < -0.4 is 5.32 Å². The minimum atomic E-state index is -0.246. The van der Waals surface area contributed by atoms with Gasteiger partial charge in [-0.15, -0.1) is 0 Å². The van der Waals surface area contributed by atoms with Crippen molar-refractivity contribution in [2.24, 2.45) is 0 Å². The normalized spacial score (nSPS) is 14.6. The van der Waals surface area contributed by atoms with Gasteiger partial charge in [-0.1, -0.05) is 83.6 Å². The minimum absolute atomic E-state index is 0.146. The maximum absolute atomic E-state index is 9.53. The molecule has 0 bridgehead atoms. The summed E-state index contributed by atoms with van der Waals surface area (Å²) in [5.41, 5.74) is -0.246. The molecule has 0 radical (unpaired) electrons. The number of rotatable bonds is 19. The van der Waals surface area contributed by atoms with Gasteiger partial charge in [-0.2, -0.15) is 0 Å². The van der Waals surface area contributed by atoms with Crippen molar-refractivity contribution in [3.05, 3.63) is 12.2 Å². The van der Waals surface area contributed by atoms with Crippen molar-refractivity contribution >= 4 is 6.34 Å². The van der Waals surface area contributed by atoms with E-state index in [4.69, 9.17) is 0 Å². The van der Waals surface area contributed by atoms with Crippen molar-refractivity contribution in [1.82, 2.24) is 5.32 Å². The Morgan fingerprint density at radius 1 is 0.857 bits per heavy atom. The summed E-state index contributed by atoms with van der Waals surface area (Å²) in [7, 11) is 0. The van der Waals surface area contributed by atoms with Gasteiger partial charge in [-0.05, 0) is 18.9 Å². The molecule has 0 amide bonds. The SMILES string of the molecule is CCCCCCCCCCCCCCC=CC(CCO)(CCO)[N+]1=CNCC1. The third kappa shape index (κ3) is 10.6. The number of nitrogens with one attached hydrogen (secondary N) is 1. The molecule has 0 aromatic carbocycles. The van der Waals surface area contributed by atoms with E-state index < -0.39 is 0 Å². The molecule has 3 N–H and O–H groups in total. The minimum Gasteiger partial charge on any atom is -0.396 e. The van der Waals surface area contributed by atoms with Crippen LogP contribution in [0.5, 0.6) is 0 Å². The summed E-state index contributed by atoms with van der Waals surface area (Å²) in [4.78, 5) is 0. The van der Waals surface area contributed by atoms with Gasteiger partial charge in [-0.3, -0.25) is 9.89 Å². The Balaban J connectivity index is 2.13. The molecule has 0 aromatic rings. The number of nitrogens with zero attached hydrogens (tertiary/aromatic N) is 1. The first-order chi connectivity index (χ1) is 13.8. The standard InChI is InChI=1S/C24H46N2O2/c1-2-3-4-5-6-7-8-9-10-11-12-13-14-15-16-24(17-21-27,18-22-28)26-20-19-25-23-26/h15-16,23,27-28H,2-14,17-22H2,1H3/p+1. The van der Waals surface area contributed by atoms with Crippen molar-refractivity contribution in [3.8, 4) is 0 Å². The summed E-state index contributed by atoms with van der Waals surface area (Å²) in [5.74, 6) is 0. The van der Waals surface area contributed by atoms with Gasteiger partial charge in [-0.25, -0.2) is 0 Å². The highest BCUT2D eigenvalue weighted by Crippen LogP contribution is 2.23. The van der Waals surface area contributed by atoms with E-state index >= 15 is 0 Å². The van der Waals surface area contributed by atoms with Crippen molar-refractivity contribution in [2.75, 3.05) is 26.3 Å². The van der Waals surface area contributed by atoms with Crippen molar-refractivity contribution < 1.29 is 14.8 Å². The molecule has 0 saturated carbocycles. The molecule has 1 aliphatic heterocycles. The van der Waals surface area contributed by atoms with E-state index in [2.05, 4.69) is 29.0 Å². The lowest BCUT2D eigenvalue weighted by Gasteiger charge is -2.28. The summed E-state index contributed by atoms with van der Waals surface area (Å²) in [6.45, 7) is 4.44. The first-order valence-corrected chi connectivity index (χ1v) is 12.0. The molecule has 0 unspecified atom stereocenters. The predicted octanol–water partition coefficient (Wildman–Crippen LogP) is 4.78. The lowest BCUT2D eigenvalue weighted by atomic mass is 9.89. The maximum atomic E-state index is 9.53. The lowest BCUT2D eigenvalue weighted by Crippen LogP contribution is -2.42. The number of hydrogen-bond acceptors (Lipinski definition) is 3. The molecule has 4 nitrogen and oxygen atoms in total. The zero-order valence-corrected chi connectivity index (χ0v) is 18.5. The largest absolute Gasteiger partial charge is 0.396 e. The van der Waals surface area contributed by atoms with Crippen LogP contribution in [0.25, 0.3) is 0 Å². The zero-order chi connectivity index (χ0) is 20.3. The van der Waals surface area contributed by atoms with Gasteiger partial charge in [0.05, 0.1) is 0 Å². The highest BCUT2D eigenvalue weighted by atomic mass is 16.3. The Morgan fingerprint density at radius 2 is 1.39 bits per heavy atom. The smallest absolute Gasteiger partial charge is 0.232 e. The molecule has 0 fully saturated rings. The van der Waals surface area contributed by atoms with Crippen molar-refractivity contribution in [3.63, 3.8) is 0 Å². The van der Waals surface area contributed by atoms with E-state index in [-0.39, 0.29) is 18.8 Å². The van der Waals surface area contributed by atoms with E-state index in [0.29, 0.717) is 12.8 Å². The van der Waals surface area contributed by atoms with Crippen LogP contribution in [0.3, 0.4) is 0 Å². The second kappa shape index (κ2) is 17.0. The van der Waals surface area contributed by atoms with Crippen LogP contribution >= 0.6 is 0 Å². The summed E-state index contributed by atoms with van der Waals surface area (Å²) in [6, 6.07) is 0. The average Bonchev–Trinajstić information content (AvgIpc) is 3.24. The number of aliphatic hydroxyl groups is 2. The van der Waals surface area contributed by atoms with Crippen LogP contribution in [-0.4, -0.2) is 53.0 Å². The molecular weight excluding hydrogens is 348 g/mol. The predicted molar refractivity (Wildman–Crippen MR) is 120 cm³/mol. The molecule has 0 aromatic heterocycles. The van der Waals surface area contributed by atoms with Crippen LogP contribution in [0, 0.1) is 0 Å². The van der Waals surface area contributed by atoms with Gasteiger partial charge >= 0.3 is 0 Å². The fraction of sp³-hybridized carbons (Fsp3) is 0.875. The van der Waals surface area contributed by atoms with Crippen molar-refractivity contribution in [2.45, 2.75) is 109 Å². The molecule has 0 saturated heterocycles. The lowest BCUT2D eigenvalue weighted by molar-refractivity contribution is -0.587. The van der Waals surface area contributed by atoms with Crippen molar-refractivity contribution in [1.29, 1.82) is 0 Å². The Morgan fingerprint density at radius 3 is 1.86 bits per heavy atom. The Hall–Kier alpha value is -0.870. The van der Waals surface area contributed by atoms with Gasteiger partial charge in [0.25, 0.3) is 0 Å². The average molecular weight is 396 g/mol. The van der Waals surface area contributed by atoms with Gasteiger partial charge < -0.3 is 10.2 Å². The fourth-order valence-corrected chi connectivity index (χ4v) is 4.24. The fourth-order valence-electron chi connectivity index (χ4n) is 4.24. The molecule has 0 aliphatic carbocycles. The van der Waals surface area contributed by atoms with Crippen LogP contribution in [0.4, 0.5) is 0 Å². The topological polar surface area (TPSA) is 55.5 Å². The second-order valence-corrected chi connectivity index (χ2v) is 8.41. The summed E-state index contributed by atoms with van der Waals surface area (Å²) >= 11 is 0. The van der Waals surface area contributed by atoms with Gasteiger partial charge in [0.1, 0.15) is 18.6 Å². The highest BCUT2D eigenvalue weighted by Gasteiger charge is 2.35. The maximum Gasteiger partial charge on any atom is 0.232 e. The monoisotopic (exact) mass is 395 g/mol. The van der Waals surface area contributed by atoms with Gasteiger partial charge in [0.15, 0.2) is 0 Å². The Kier molecular flexibility index (Phi) is 15.3. The Labute approximate surface area is 174 Å². The molecular formula is C24H47N2O2+. The second-order valence-electron chi connectivity index (χ2n) is 8.41. The van der Waals surface area contributed by atoms with E-state index in [1.807, 2.05) is 6.34 Å². The quantitative estimate of drug-likeness (QED) is 0.168. The molecule has 28 heavy (non-hydrogen) atoms. The highest BCUT2D eigenvalue weighted by molar-refractivity contribution is 5.50. The number of aliphatic hydroxyl groups excluding tert-OH is 2. The van der Waals surface area contributed by atoms with E-state index in [9.17, 15) is 10.2 Å². The molecule has 1 rings (SSSR count).